The van der Waals surface area contributed by atoms with Gasteiger partial charge in [-0.05, 0) is 84.1 Å². The monoisotopic (exact) mass is 818 g/mol. The van der Waals surface area contributed by atoms with Gasteiger partial charge in [0.1, 0.15) is 5.58 Å². The largest absolute Gasteiger partial charge is 0.500 e. The molecule has 243 valence electrons. The molecule has 7 aromatic rings. The van der Waals surface area contributed by atoms with E-state index in [4.69, 9.17) is 22.2 Å². The molecule has 1 aliphatic rings. The first kappa shape index (κ1) is 20.9. The molecular formula is C44H40IrN2O-2. The molecule has 3 aromatic heterocycles. The molecule has 0 spiro atoms. The first-order valence-corrected chi connectivity index (χ1v) is 15.6. The number of fused-ring (bicyclic) bond motifs is 3. The molecule has 1 aliphatic carbocycles. The fourth-order valence-corrected chi connectivity index (χ4v) is 6.07. The molecule has 1 radical (unpaired) electrons. The maximum atomic E-state index is 8.94. The van der Waals surface area contributed by atoms with Gasteiger partial charge in [0.15, 0.2) is 0 Å². The zero-order valence-corrected chi connectivity index (χ0v) is 28.4. The third-order valence-corrected chi connectivity index (χ3v) is 8.53. The van der Waals surface area contributed by atoms with E-state index in [1.165, 1.54) is 43.1 Å². The smallest absolute Gasteiger partial charge is 0.124 e. The summed E-state index contributed by atoms with van der Waals surface area (Å²) in [6.07, 6.45) is 7.57. The second kappa shape index (κ2) is 14.8. The molecule has 3 heterocycles. The van der Waals surface area contributed by atoms with Crippen LogP contribution in [-0.2, 0) is 20.1 Å². The van der Waals surface area contributed by atoms with Crippen LogP contribution < -0.4 is 0 Å². The van der Waals surface area contributed by atoms with Crippen LogP contribution in [0.3, 0.4) is 0 Å². The van der Waals surface area contributed by atoms with Gasteiger partial charge in [0.05, 0.1) is 5.58 Å². The van der Waals surface area contributed by atoms with Crippen LogP contribution in [0.15, 0.2) is 108 Å². The predicted octanol–water partition coefficient (Wildman–Crippen LogP) is 11.9. The van der Waals surface area contributed by atoms with Crippen molar-refractivity contribution in [2.75, 3.05) is 0 Å². The molecule has 3 nitrogen and oxygen atoms in total. The number of hydrogen-bond donors (Lipinski definition) is 0. The van der Waals surface area contributed by atoms with Crippen molar-refractivity contribution in [1.29, 1.82) is 0 Å². The van der Waals surface area contributed by atoms with Crippen LogP contribution in [0.4, 0.5) is 0 Å². The van der Waals surface area contributed by atoms with Crippen molar-refractivity contribution in [3.05, 3.63) is 143 Å². The third kappa shape index (κ3) is 7.06. The summed E-state index contributed by atoms with van der Waals surface area (Å²) in [6.45, 7) is -9.06. The van der Waals surface area contributed by atoms with Crippen molar-refractivity contribution in [3.8, 4) is 33.6 Å². The fourth-order valence-electron chi connectivity index (χ4n) is 6.07. The van der Waals surface area contributed by atoms with Gasteiger partial charge in [-0.3, -0.25) is 0 Å². The minimum Gasteiger partial charge on any atom is -0.500 e. The summed E-state index contributed by atoms with van der Waals surface area (Å²) in [5, 5.41) is 1.40. The molecule has 0 amide bonds. The van der Waals surface area contributed by atoms with Crippen molar-refractivity contribution in [2.45, 2.75) is 65.4 Å². The number of aryl methyl sites for hydroxylation is 4. The Morgan fingerprint density at radius 2 is 1.40 bits per heavy atom. The number of rotatable bonds is 4. The Kier molecular flexibility index (Phi) is 6.44. The number of pyridine rings is 2. The Labute approximate surface area is 316 Å². The van der Waals surface area contributed by atoms with Crippen LogP contribution in [0.25, 0.3) is 55.6 Å². The van der Waals surface area contributed by atoms with E-state index >= 15 is 0 Å². The summed E-state index contributed by atoms with van der Waals surface area (Å²) in [5.41, 5.74) is 5.82. The van der Waals surface area contributed by atoms with Crippen LogP contribution in [0.5, 0.6) is 0 Å². The average molecular weight is 818 g/mol. The molecule has 0 bridgehead atoms. The molecular weight excluding hydrogens is 765 g/mol. The molecule has 4 aromatic carbocycles. The van der Waals surface area contributed by atoms with Gasteiger partial charge in [-0.2, -0.15) is 0 Å². The number of furan rings is 1. The standard InChI is InChI=1S/C31H28NO.C13H12N.Ir/c1-20-11-18-29(32-19-20)28-10-6-9-26-27-17-16-25(21(2)30(27)33-31(26)28)24-14-12-23(13-15-24)22-7-4-3-5-8-22;1-10-3-6-12(7-4-10)13-8-5-11(2)9-14-13;/h6,9,11-19,22H,3-5,7-8H2,1-2H3;3-6,8-9H,1-2H3;/q2*-1;/i1D3,2D3,22D;1D3,2D3;. The summed E-state index contributed by atoms with van der Waals surface area (Å²) < 4.78 is 107. The summed E-state index contributed by atoms with van der Waals surface area (Å²) in [7, 11) is 0. The first-order valence-electron chi connectivity index (χ1n) is 22.1. The Bertz CT molecular complexity index is 2550. The molecule has 0 saturated heterocycles. The molecule has 1 saturated carbocycles. The second-order valence-electron chi connectivity index (χ2n) is 11.7. The summed E-state index contributed by atoms with van der Waals surface area (Å²) in [6, 6.07) is 31.7. The summed E-state index contributed by atoms with van der Waals surface area (Å²) >= 11 is 0. The van der Waals surface area contributed by atoms with Crippen molar-refractivity contribution in [3.63, 3.8) is 0 Å². The van der Waals surface area contributed by atoms with E-state index in [1.54, 1.807) is 24.3 Å². The van der Waals surface area contributed by atoms with E-state index < -0.39 is 33.3 Å². The second-order valence-corrected chi connectivity index (χ2v) is 11.7. The van der Waals surface area contributed by atoms with E-state index in [2.05, 4.69) is 22.1 Å². The van der Waals surface area contributed by atoms with Crippen molar-refractivity contribution in [2.24, 2.45) is 0 Å². The molecule has 0 unspecified atom stereocenters. The minimum atomic E-state index is -2.45. The van der Waals surface area contributed by atoms with Crippen molar-refractivity contribution < 1.29 is 42.3 Å². The maximum absolute atomic E-state index is 8.94. The van der Waals surface area contributed by atoms with Gasteiger partial charge in [-0.15, -0.1) is 53.6 Å². The quantitative estimate of drug-likeness (QED) is 0.166. The zero-order valence-electron chi connectivity index (χ0n) is 39.0. The van der Waals surface area contributed by atoms with Crippen molar-refractivity contribution in [1.82, 2.24) is 9.97 Å². The molecule has 0 atom stereocenters. The topological polar surface area (TPSA) is 38.9 Å². The van der Waals surface area contributed by atoms with Gasteiger partial charge >= 0.3 is 0 Å². The Morgan fingerprint density at radius 1 is 0.688 bits per heavy atom. The predicted molar refractivity (Wildman–Crippen MR) is 195 cm³/mol. The van der Waals surface area contributed by atoms with Gasteiger partial charge in [0.25, 0.3) is 0 Å². The third-order valence-electron chi connectivity index (χ3n) is 8.53. The molecule has 48 heavy (non-hydrogen) atoms. The van der Waals surface area contributed by atoms with Gasteiger partial charge < -0.3 is 14.4 Å². The number of nitrogens with zero attached hydrogens (tertiary/aromatic N) is 2. The average Bonchev–Trinajstić information content (AvgIpc) is 3.59. The first-order chi connectivity index (χ1) is 28.1. The molecule has 0 N–H and O–H groups in total. The fraction of sp³-hybridized carbons (Fsp3) is 0.227. The SMILES string of the molecule is [2H]C([2H])([2H])c1c[c-]c(-c2ccc(C([2H])([2H])[2H])cn2)cc1.[2H]C([2H])([2H])c1ccc(-c2[c-]ccc3c2oc2c(C([2H])([2H])[2H])c(-c4ccc(C5([2H])CCCCC5)cc4)ccc23)nc1.[Ir]. The Morgan fingerprint density at radius 3 is 2.04 bits per heavy atom. The molecule has 4 heteroatoms. The molecule has 0 aliphatic heterocycles. The van der Waals surface area contributed by atoms with Gasteiger partial charge in [0, 0.05) is 55.7 Å². The van der Waals surface area contributed by atoms with E-state index in [1.807, 2.05) is 42.5 Å². The van der Waals surface area contributed by atoms with Gasteiger partial charge in [-0.1, -0.05) is 97.7 Å². The van der Waals surface area contributed by atoms with Crippen LogP contribution in [-0.4, -0.2) is 9.97 Å². The summed E-state index contributed by atoms with van der Waals surface area (Å²) in [5.74, 6) is -0.588. The van der Waals surface area contributed by atoms with E-state index in [0.717, 1.165) is 42.2 Å². The Hall–Kier alpha value is -4.37. The van der Waals surface area contributed by atoms with Crippen LogP contribution in [0.2, 0.25) is 0 Å². The van der Waals surface area contributed by atoms with Crippen LogP contribution >= 0.6 is 0 Å². The van der Waals surface area contributed by atoms with Gasteiger partial charge in [-0.25, -0.2) is 0 Å². The molecule has 1 fully saturated rings. The van der Waals surface area contributed by atoms with Crippen LogP contribution in [0, 0.1) is 39.5 Å². The van der Waals surface area contributed by atoms with Crippen LogP contribution in [0.1, 0.15) is 83.6 Å². The number of aromatic nitrogens is 2. The number of hydrogen-bond acceptors (Lipinski definition) is 3. The van der Waals surface area contributed by atoms with Crippen molar-refractivity contribution >= 4 is 21.9 Å². The molecule has 8 rings (SSSR count). The maximum Gasteiger partial charge on any atom is 0.124 e. The Balaban J connectivity index is 0.000000250. The number of benzene rings is 4. The zero-order chi connectivity index (χ0) is 43.3. The van der Waals surface area contributed by atoms with Gasteiger partial charge in [0.2, 0.25) is 0 Å². The normalized spacial score (nSPS) is 18.9. The summed E-state index contributed by atoms with van der Waals surface area (Å²) in [4.78, 5) is 8.42. The van der Waals surface area contributed by atoms with E-state index in [-0.39, 0.29) is 47.9 Å². The van der Waals surface area contributed by atoms with E-state index in [9.17, 15) is 0 Å². The minimum absolute atomic E-state index is 0. The van der Waals surface area contributed by atoms with E-state index in [0.29, 0.717) is 39.0 Å².